The van der Waals surface area contributed by atoms with Gasteiger partial charge < -0.3 is 18.3 Å². The van der Waals surface area contributed by atoms with Gasteiger partial charge in [-0.15, -0.1) is 0 Å². The molecule has 0 amide bonds. The number of pyridine rings is 1. The highest BCUT2D eigenvalue weighted by Crippen LogP contribution is 2.46. The molecule has 66 heavy (non-hydrogen) atoms. The molecule has 0 N–H and O–H groups in total. The van der Waals surface area contributed by atoms with Gasteiger partial charge in [-0.05, 0) is 91.0 Å². The first-order valence-electron chi connectivity index (χ1n) is 22.3. The Labute approximate surface area is 378 Å². The van der Waals surface area contributed by atoms with Gasteiger partial charge in [-0.1, -0.05) is 121 Å². The summed E-state index contributed by atoms with van der Waals surface area (Å²) in [4.78, 5) is 5.27. The summed E-state index contributed by atoms with van der Waals surface area (Å²) in [5.41, 5.74) is 15.2. The highest BCUT2D eigenvalue weighted by molar-refractivity contribution is 6.28. The van der Waals surface area contributed by atoms with Gasteiger partial charge in [0.1, 0.15) is 0 Å². The van der Waals surface area contributed by atoms with E-state index in [9.17, 15) is 5.26 Å². The Kier molecular flexibility index (Phi) is 7.65. The zero-order valence-electron chi connectivity index (χ0n) is 35.5. The predicted molar refractivity (Wildman–Crippen MR) is 272 cm³/mol. The number of fused-ring (bicyclic) bond motifs is 14. The van der Waals surface area contributed by atoms with Crippen molar-refractivity contribution in [3.8, 4) is 40.1 Å². The maximum absolute atomic E-state index is 10.5. The first kappa shape index (κ1) is 36.3. The van der Waals surface area contributed by atoms with Crippen LogP contribution in [0.4, 0.5) is 0 Å². The van der Waals surface area contributed by atoms with Crippen LogP contribution in [0.25, 0.3) is 121 Å². The number of rotatable bonds is 5. The van der Waals surface area contributed by atoms with Gasteiger partial charge in [-0.25, -0.2) is 0 Å². The standard InChI is InChI=1S/C60H36N6/c61-37-38-29-32-52(65-50-26-13-9-22-45(50)56-53(65)33-30-43-41-20-7-11-24-48(41)63(59(43)56)39-16-3-1-4-17-39)47(36-38)58-55(28-15-35-62-58)66-51-27-14-10-23-46(51)57-54(66)34-31-44-42-21-8-12-25-49(42)64(60(44)57)40-18-5-2-6-19-40/h1-36H. The van der Waals surface area contributed by atoms with Gasteiger partial charge in [0, 0.05) is 66.2 Å². The maximum atomic E-state index is 10.5. The molecule has 0 saturated heterocycles. The summed E-state index contributed by atoms with van der Waals surface area (Å²) < 4.78 is 9.57. The lowest BCUT2D eigenvalue weighted by atomic mass is 10.0. The molecule has 0 aliphatic heterocycles. The van der Waals surface area contributed by atoms with Crippen LogP contribution >= 0.6 is 0 Å². The molecule has 0 bridgehead atoms. The van der Waals surface area contributed by atoms with E-state index < -0.39 is 0 Å². The fourth-order valence-corrected chi connectivity index (χ4v) is 11.0. The predicted octanol–water partition coefficient (Wildman–Crippen LogP) is 15.0. The van der Waals surface area contributed by atoms with E-state index in [1.807, 2.05) is 24.4 Å². The molecule has 0 spiro atoms. The minimum atomic E-state index is 0.564. The molecule has 5 heterocycles. The maximum Gasteiger partial charge on any atom is 0.0991 e. The molecule has 0 aliphatic carbocycles. The lowest BCUT2D eigenvalue weighted by Crippen LogP contribution is -2.03. The molecular weight excluding hydrogens is 805 g/mol. The number of nitrogens with zero attached hydrogens (tertiary/aromatic N) is 6. The summed E-state index contributed by atoms with van der Waals surface area (Å²) in [7, 11) is 0. The van der Waals surface area contributed by atoms with Crippen LogP contribution in [-0.4, -0.2) is 23.3 Å². The number of para-hydroxylation sites is 6. The molecule has 5 aromatic heterocycles. The lowest BCUT2D eigenvalue weighted by Gasteiger charge is -2.18. The van der Waals surface area contributed by atoms with E-state index in [-0.39, 0.29) is 0 Å². The summed E-state index contributed by atoms with van der Waals surface area (Å²) >= 11 is 0. The quantitative estimate of drug-likeness (QED) is 0.173. The number of aromatic nitrogens is 5. The van der Waals surface area contributed by atoms with Crippen LogP contribution in [0.1, 0.15) is 5.56 Å². The molecule has 14 aromatic rings. The monoisotopic (exact) mass is 840 g/mol. The second-order valence-corrected chi connectivity index (χ2v) is 17.0. The first-order valence-corrected chi connectivity index (χ1v) is 22.3. The molecular formula is C60H36N6. The summed E-state index contributed by atoms with van der Waals surface area (Å²) in [6, 6.07) is 77.9. The van der Waals surface area contributed by atoms with Gasteiger partial charge in [-0.2, -0.15) is 5.26 Å². The Bertz CT molecular complexity index is 4350. The van der Waals surface area contributed by atoms with Crippen LogP contribution in [0.3, 0.4) is 0 Å². The van der Waals surface area contributed by atoms with E-state index >= 15 is 0 Å². The summed E-state index contributed by atoms with van der Waals surface area (Å²) in [5.74, 6) is 0. The van der Waals surface area contributed by atoms with Crippen LogP contribution in [0.5, 0.6) is 0 Å². The molecule has 0 unspecified atom stereocenters. The molecule has 0 aliphatic rings. The second kappa shape index (κ2) is 13.9. The second-order valence-electron chi connectivity index (χ2n) is 17.0. The van der Waals surface area contributed by atoms with Gasteiger partial charge in [0.05, 0.1) is 72.8 Å². The van der Waals surface area contributed by atoms with Crippen LogP contribution in [0, 0.1) is 11.3 Å². The zero-order chi connectivity index (χ0) is 43.5. The first-order chi connectivity index (χ1) is 32.8. The molecule has 9 aromatic carbocycles. The van der Waals surface area contributed by atoms with E-state index in [1.54, 1.807) is 0 Å². The van der Waals surface area contributed by atoms with Gasteiger partial charge in [0.2, 0.25) is 0 Å². The average molecular weight is 841 g/mol. The highest BCUT2D eigenvalue weighted by Gasteiger charge is 2.26. The van der Waals surface area contributed by atoms with E-state index in [2.05, 4.69) is 218 Å². The van der Waals surface area contributed by atoms with Gasteiger partial charge in [-0.3, -0.25) is 4.98 Å². The Balaban J connectivity index is 1.08. The lowest BCUT2D eigenvalue weighted by molar-refractivity contribution is 1.13. The smallest absolute Gasteiger partial charge is 0.0991 e. The summed E-state index contributed by atoms with van der Waals surface area (Å²) in [5, 5.41) is 20.0. The van der Waals surface area contributed by atoms with Gasteiger partial charge in [0.25, 0.3) is 0 Å². The van der Waals surface area contributed by atoms with Crippen molar-refractivity contribution in [2.45, 2.75) is 0 Å². The molecule has 0 radical (unpaired) electrons. The van der Waals surface area contributed by atoms with E-state index in [4.69, 9.17) is 4.98 Å². The average Bonchev–Trinajstić information content (AvgIpc) is 4.11. The van der Waals surface area contributed by atoms with Crippen molar-refractivity contribution in [2.24, 2.45) is 0 Å². The zero-order valence-corrected chi connectivity index (χ0v) is 35.5. The van der Waals surface area contributed by atoms with Crippen molar-refractivity contribution in [1.29, 1.82) is 5.26 Å². The fourth-order valence-electron chi connectivity index (χ4n) is 11.0. The van der Waals surface area contributed by atoms with Crippen LogP contribution < -0.4 is 0 Å². The molecule has 6 heteroatoms. The topological polar surface area (TPSA) is 56.4 Å². The summed E-state index contributed by atoms with van der Waals surface area (Å²) in [6.45, 7) is 0. The Morgan fingerprint density at radius 1 is 0.348 bits per heavy atom. The van der Waals surface area contributed by atoms with Crippen LogP contribution in [0.2, 0.25) is 0 Å². The third-order valence-corrected chi connectivity index (χ3v) is 13.6. The normalized spacial score (nSPS) is 11.9. The van der Waals surface area contributed by atoms with E-state index in [0.29, 0.717) is 5.56 Å². The van der Waals surface area contributed by atoms with Crippen LogP contribution in [-0.2, 0) is 0 Å². The Hall–Kier alpha value is -9.18. The molecule has 0 saturated carbocycles. The van der Waals surface area contributed by atoms with Crippen LogP contribution in [0.15, 0.2) is 219 Å². The minimum Gasteiger partial charge on any atom is -0.309 e. The van der Waals surface area contributed by atoms with Crippen molar-refractivity contribution >= 4 is 87.2 Å². The third kappa shape index (κ3) is 4.97. The third-order valence-electron chi connectivity index (χ3n) is 13.6. The SMILES string of the molecule is N#Cc1ccc(-n2c3ccccc3c3c2ccc2c4ccccc4n(-c4ccccc4)c23)c(-c2ncccc2-n2c3ccccc3c3c2ccc2c4ccccc4n(-c4ccccc4)c23)c1. The Morgan fingerprint density at radius 2 is 0.803 bits per heavy atom. The van der Waals surface area contributed by atoms with E-state index in [0.717, 1.165) is 88.9 Å². The van der Waals surface area contributed by atoms with Crippen molar-refractivity contribution in [3.05, 3.63) is 224 Å². The molecule has 14 rings (SSSR count). The van der Waals surface area contributed by atoms with Gasteiger partial charge in [0.15, 0.2) is 0 Å². The van der Waals surface area contributed by atoms with Crippen molar-refractivity contribution in [3.63, 3.8) is 0 Å². The van der Waals surface area contributed by atoms with Gasteiger partial charge >= 0.3 is 0 Å². The molecule has 306 valence electrons. The Morgan fingerprint density at radius 3 is 1.32 bits per heavy atom. The van der Waals surface area contributed by atoms with Crippen molar-refractivity contribution in [2.75, 3.05) is 0 Å². The number of nitriles is 1. The highest BCUT2D eigenvalue weighted by atomic mass is 15.0. The minimum absolute atomic E-state index is 0.564. The van der Waals surface area contributed by atoms with Crippen molar-refractivity contribution in [1.82, 2.24) is 23.3 Å². The molecule has 6 nitrogen and oxygen atoms in total. The van der Waals surface area contributed by atoms with Crippen molar-refractivity contribution < 1.29 is 0 Å². The largest absolute Gasteiger partial charge is 0.309 e. The number of benzene rings is 9. The molecule has 0 atom stereocenters. The fraction of sp³-hybridized carbons (Fsp3) is 0. The number of hydrogen-bond acceptors (Lipinski definition) is 2. The van der Waals surface area contributed by atoms with E-state index in [1.165, 1.54) is 32.3 Å². The summed E-state index contributed by atoms with van der Waals surface area (Å²) in [6.07, 6.45) is 1.87. The number of hydrogen-bond donors (Lipinski definition) is 0. The molecule has 0 fully saturated rings.